The summed E-state index contributed by atoms with van der Waals surface area (Å²) in [4.78, 5) is 4.83. The molecule has 258 valence electrons. The third-order valence-electron chi connectivity index (χ3n) is 10.7. The fourth-order valence-corrected chi connectivity index (χ4v) is 8.37. The topological polar surface area (TPSA) is 26.6 Å². The molecule has 5 heteroatoms. The summed E-state index contributed by atoms with van der Waals surface area (Å²) < 4.78 is 6.40. The van der Waals surface area contributed by atoms with Gasteiger partial charge in [0, 0.05) is 32.8 Å². The number of aryl methyl sites for hydroxylation is 1. The summed E-state index contributed by atoms with van der Waals surface area (Å²) in [5.41, 5.74) is 16.6. The Kier molecular flexibility index (Phi) is 7.57. The first-order valence-corrected chi connectivity index (χ1v) is 17.9. The molecule has 0 spiro atoms. The van der Waals surface area contributed by atoms with Crippen molar-refractivity contribution >= 4 is 32.8 Å². The van der Waals surface area contributed by atoms with E-state index in [9.17, 15) is 0 Å². The van der Waals surface area contributed by atoms with Crippen molar-refractivity contribution in [1.29, 1.82) is 0 Å². The van der Waals surface area contributed by atoms with Gasteiger partial charge in [-0.15, -0.1) is 58.7 Å². The number of aromatic nitrogens is 4. The van der Waals surface area contributed by atoms with Gasteiger partial charge >= 0.3 is 0 Å². The number of pyridine rings is 1. The van der Waals surface area contributed by atoms with Gasteiger partial charge in [0.1, 0.15) is 5.82 Å². The summed E-state index contributed by atoms with van der Waals surface area (Å²) in [6.07, 6.45) is 5.37. The van der Waals surface area contributed by atoms with Crippen LogP contribution in [0, 0.1) is 18.5 Å². The van der Waals surface area contributed by atoms with Crippen molar-refractivity contribution in [1.82, 2.24) is 14.1 Å². The Balaban J connectivity index is 0.00000361. The Morgan fingerprint density at radius 3 is 1.94 bits per heavy atom. The van der Waals surface area contributed by atoms with Crippen molar-refractivity contribution in [2.45, 2.75) is 0 Å². The predicted molar refractivity (Wildman–Crippen MR) is 214 cm³/mol. The fraction of sp³-hybridized carbons (Fsp3) is 0.0204. The van der Waals surface area contributed by atoms with E-state index in [0.29, 0.717) is 0 Å². The molecule has 1 aliphatic rings. The van der Waals surface area contributed by atoms with Gasteiger partial charge in [0.15, 0.2) is 0 Å². The number of nitrogens with zero attached hydrogens (tertiary/aromatic N) is 4. The summed E-state index contributed by atoms with van der Waals surface area (Å²) in [5.74, 6) is 0.865. The molecule has 0 bridgehead atoms. The minimum atomic E-state index is 0. The number of hydrogen-bond donors (Lipinski definition) is 0. The molecule has 0 radical (unpaired) electrons. The molecule has 4 nitrogen and oxygen atoms in total. The maximum absolute atomic E-state index is 4.83. The summed E-state index contributed by atoms with van der Waals surface area (Å²) in [6, 6.07) is 64.1. The van der Waals surface area contributed by atoms with Crippen LogP contribution in [0.3, 0.4) is 0 Å². The molecule has 0 atom stereocenters. The molecule has 0 amide bonds. The van der Waals surface area contributed by atoms with Crippen LogP contribution in [0.4, 0.5) is 0 Å². The Labute approximate surface area is 327 Å². The normalized spacial score (nSPS) is 11.6. The maximum atomic E-state index is 4.83. The van der Waals surface area contributed by atoms with Crippen molar-refractivity contribution in [3.8, 4) is 67.1 Å². The van der Waals surface area contributed by atoms with Crippen LogP contribution in [0.1, 0.15) is 0 Å². The summed E-state index contributed by atoms with van der Waals surface area (Å²) in [7, 11) is 2.04. The van der Waals surface area contributed by atoms with E-state index >= 15 is 0 Å². The van der Waals surface area contributed by atoms with Crippen LogP contribution in [0.25, 0.3) is 100.0 Å². The quantitative estimate of drug-likeness (QED) is 0.128. The second kappa shape index (κ2) is 12.7. The van der Waals surface area contributed by atoms with E-state index in [-0.39, 0.29) is 21.1 Å². The summed E-state index contributed by atoms with van der Waals surface area (Å²) >= 11 is 0. The Bertz CT molecular complexity index is 3080. The monoisotopic (exact) mass is 869 g/mol. The number of para-hydroxylation sites is 3. The van der Waals surface area contributed by atoms with Gasteiger partial charge in [-0.25, -0.2) is 4.98 Å². The van der Waals surface area contributed by atoms with E-state index in [1.807, 2.05) is 29.9 Å². The Morgan fingerprint density at radius 2 is 1.17 bits per heavy atom. The molecule has 0 unspecified atom stereocenters. The van der Waals surface area contributed by atoms with Gasteiger partial charge in [-0.1, -0.05) is 126 Å². The first-order valence-electron chi connectivity index (χ1n) is 17.9. The minimum Gasteiger partial charge on any atom is -0.336 e. The molecular formula is C49H30N4Pt-2. The second-order valence-corrected chi connectivity index (χ2v) is 13.6. The standard InChI is InChI=1S/C49H30N4.Pt/c1-51-31-52(46-25-9-8-24-45(46)51)33-15-12-14-32(28-33)34-21-13-22-40-37-18-4-2-16-35(37)36-17-3-5-19-38(36)41-29-42-39-20-6-7-23-44(39)53(48-26-10-11-27-50-48)47(42)30-43(41)49(34)40;/h2-27,29H,1H3;/q-2;. The number of hydrogen-bond acceptors (Lipinski definition) is 1. The van der Waals surface area contributed by atoms with Crippen LogP contribution in [-0.4, -0.2) is 14.1 Å². The van der Waals surface area contributed by atoms with Crippen LogP contribution < -0.4 is 4.57 Å². The zero-order valence-corrected chi connectivity index (χ0v) is 31.5. The minimum absolute atomic E-state index is 0. The van der Waals surface area contributed by atoms with Crippen LogP contribution in [-0.2, 0) is 28.1 Å². The average Bonchev–Trinajstić information content (AvgIpc) is 3.74. The second-order valence-electron chi connectivity index (χ2n) is 13.6. The van der Waals surface area contributed by atoms with E-state index in [1.54, 1.807) is 0 Å². The summed E-state index contributed by atoms with van der Waals surface area (Å²) in [6.45, 7) is 0. The smallest absolute Gasteiger partial charge is 0.242 e. The van der Waals surface area contributed by atoms with E-state index in [0.717, 1.165) is 72.3 Å². The maximum Gasteiger partial charge on any atom is 0.242 e. The zero-order chi connectivity index (χ0) is 35.0. The molecule has 0 aliphatic heterocycles. The number of rotatable bonds is 3. The Morgan fingerprint density at radius 1 is 0.537 bits per heavy atom. The molecule has 1 aliphatic carbocycles. The van der Waals surface area contributed by atoms with Crippen LogP contribution in [0.5, 0.6) is 0 Å². The third-order valence-corrected chi connectivity index (χ3v) is 10.7. The SMILES string of the molecule is C[n+]1[c-]n(-c2[c-]c(-c3cccc4c3-c3[c-]c5c(cc3-c3ccccc3-c3ccccc3-4)c3ccccc3n5-c3ccccn3)ccc2)c2ccccc21.[Pt]. The number of fused-ring (bicyclic) bond motifs is 12. The van der Waals surface area contributed by atoms with Crippen molar-refractivity contribution < 1.29 is 25.6 Å². The van der Waals surface area contributed by atoms with Crippen molar-refractivity contribution in [3.05, 3.63) is 182 Å². The molecule has 54 heavy (non-hydrogen) atoms. The number of imidazole rings is 1. The van der Waals surface area contributed by atoms with Crippen LogP contribution in [0.2, 0.25) is 0 Å². The fourth-order valence-electron chi connectivity index (χ4n) is 8.37. The van der Waals surface area contributed by atoms with Gasteiger partial charge in [0.25, 0.3) is 0 Å². The summed E-state index contributed by atoms with van der Waals surface area (Å²) in [5, 5.41) is 2.31. The molecule has 0 fully saturated rings. The van der Waals surface area contributed by atoms with Crippen molar-refractivity contribution in [2.75, 3.05) is 0 Å². The average molecular weight is 870 g/mol. The number of benzene rings is 7. The molecule has 7 aromatic carbocycles. The van der Waals surface area contributed by atoms with E-state index in [4.69, 9.17) is 4.98 Å². The molecule has 0 saturated heterocycles. The van der Waals surface area contributed by atoms with Gasteiger partial charge in [0.05, 0.1) is 18.1 Å². The van der Waals surface area contributed by atoms with Gasteiger partial charge in [-0.2, -0.15) is 11.6 Å². The first kappa shape index (κ1) is 32.3. The molecule has 3 aromatic heterocycles. The molecule has 0 saturated carbocycles. The first-order chi connectivity index (χ1) is 26.2. The van der Waals surface area contributed by atoms with Crippen molar-refractivity contribution in [2.24, 2.45) is 7.05 Å². The van der Waals surface area contributed by atoms with E-state index < -0.39 is 0 Å². The van der Waals surface area contributed by atoms with Gasteiger partial charge < -0.3 is 13.7 Å². The van der Waals surface area contributed by atoms with Gasteiger partial charge in [0.2, 0.25) is 6.33 Å². The predicted octanol–water partition coefficient (Wildman–Crippen LogP) is 11.0. The van der Waals surface area contributed by atoms with Crippen LogP contribution >= 0.6 is 0 Å². The van der Waals surface area contributed by atoms with Crippen molar-refractivity contribution in [3.63, 3.8) is 0 Å². The molecular weight excluding hydrogens is 840 g/mol. The van der Waals surface area contributed by atoms with E-state index in [2.05, 4.69) is 173 Å². The molecule has 11 rings (SSSR count). The largest absolute Gasteiger partial charge is 0.336 e. The van der Waals surface area contributed by atoms with Gasteiger partial charge in [-0.05, 0) is 51.5 Å². The molecule has 10 aromatic rings. The van der Waals surface area contributed by atoms with Gasteiger partial charge in [-0.3, -0.25) is 0 Å². The Hall–Kier alpha value is -6.35. The molecule has 0 N–H and O–H groups in total. The zero-order valence-electron chi connectivity index (χ0n) is 29.2. The molecule has 3 heterocycles. The third kappa shape index (κ3) is 4.80. The van der Waals surface area contributed by atoms with Crippen LogP contribution in [0.15, 0.2) is 164 Å². The van der Waals surface area contributed by atoms with E-state index in [1.165, 1.54) is 27.6 Å².